The van der Waals surface area contributed by atoms with Crippen LogP contribution >= 0.6 is 0 Å². The van der Waals surface area contributed by atoms with Gasteiger partial charge >= 0.3 is 12.1 Å². The summed E-state index contributed by atoms with van der Waals surface area (Å²) in [5.41, 5.74) is 0. The molecule has 0 amide bonds. The number of carbonyl (C=O) groups is 1. The molecule has 24 heavy (non-hydrogen) atoms. The Hall–Kier alpha value is -2.17. The van der Waals surface area contributed by atoms with Crippen molar-refractivity contribution < 1.29 is 23.7 Å². The molecule has 2 aliphatic heterocycles. The summed E-state index contributed by atoms with van der Waals surface area (Å²) in [6.07, 6.45) is 8.07. The number of allylic oxidation sites excluding steroid dienone is 1. The zero-order valence-electron chi connectivity index (χ0n) is 13.9. The lowest BCUT2D eigenvalue weighted by Gasteiger charge is -2.18. The van der Waals surface area contributed by atoms with Crippen molar-refractivity contribution in [2.24, 2.45) is 0 Å². The van der Waals surface area contributed by atoms with Crippen LogP contribution in [0.5, 0.6) is 5.75 Å². The van der Waals surface area contributed by atoms with Gasteiger partial charge in [-0.1, -0.05) is 50.3 Å². The van der Waals surface area contributed by atoms with Gasteiger partial charge in [-0.15, -0.1) is 0 Å². The average Bonchev–Trinajstić information content (AvgIpc) is 3.31. The van der Waals surface area contributed by atoms with E-state index >= 15 is 0 Å². The van der Waals surface area contributed by atoms with Gasteiger partial charge in [0.05, 0.1) is 0 Å². The molecule has 0 N–H and O–H groups in total. The van der Waals surface area contributed by atoms with Crippen LogP contribution < -0.4 is 4.74 Å². The molecule has 0 saturated heterocycles. The Morgan fingerprint density at radius 2 is 1.58 bits per heavy atom. The molecule has 0 spiro atoms. The maximum atomic E-state index is 11.9. The van der Waals surface area contributed by atoms with E-state index in [9.17, 15) is 4.79 Å². The summed E-state index contributed by atoms with van der Waals surface area (Å²) in [5, 5.41) is 0. The smallest absolute Gasteiger partial charge is 0.455 e. The van der Waals surface area contributed by atoms with E-state index in [4.69, 9.17) is 18.9 Å². The number of hydrogen-bond donors (Lipinski definition) is 0. The van der Waals surface area contributed by atoms with Gasteiger partial charge in [0.25, 0.3) is 0 Å². The van der Waals surface area contributed by atoms with E-state index in [1.165, 1.54) is 25.7 Å². The van der Waals surface area contributed by atoms with E-state index < -0.39 is 12.4 Å². The Labute approximate surface area is 142 Å². The second-order valence-corrected chi connectivity index (χ2v) is 6.16. The summed E-state index contributed by atoms with van der Waals surface area (Å²) < 4.78 is 21.4. The van der Waals surface area contributed by atoms with E-state index in [-0.39, 0.29) is 0 Å². The third kappa shape index (κ3) is 5.48. The lowest BCUT2D eigenvalue weighted by molar-refractivity contribution is -0.0648. The average molecular weight is 332 g/mol. The Bertz CT molecular complexity index is 566. The highest BCUT2D eigenvalue weighted by atomic mass is 16.8. The number of carbonyl (C=O) groups excluding carboxylic acids is 1. The van der Waals surface area contributed by atoms with Gasteiger partial charge in [0, 0.05) is 12.8 Å². The van der Waals surface area contributed by atoms with Crippen molar-refractivity contribution >= 4 is 6.16 Å². The van der Waals surface area contributed by atoms with Crippen molar-refractivity contribution in [1.29, 1.82) is 0 Å². The Balaban J connectivity index is 1.58. The highest BCUT2D eigenvalue weighted by Crippen LogP contribution is 2.32. The van der Waals surface area contributed by atoms with Crippen LogP contribution in [-0.4, -0.2) is 12.4 Å². The molecule has 0 aliphatic carbocycles. The van der Waals surface area contributed by atoms with Crippen LogP contribution in [0.25, 0.3) is 0 Å². The molecule has 5 nitrogen and oxygen atoms in total. The van der Waals surface area contributed by atoms with Gasteiger partial charge in [-0.25, -0.2) is 4.79 Å². The molecule has 0 bridgehead atoms. The molecule has 5 heteroatoms. The normalized spacial score (nSPS) is 22.8. The van der Waals surface area contributed by atoms with Gasteiger partial charge in [-0.3, -0.25) is 0 Å². The molecule has 2 heterocycles. The third-order valence-electron chi connectivity index (χ3n) is 4.16. The van der Waals surface area contributed by atoms with Crippen LogP contribution in [0.3, 0.4) is 0 Å². The minimum absolute atomic E-state index is 0.299. The molecule has 2 aliphatic rings. The van der Waals surface area contributed by atoms with Crippen LogP contribution in [0.2, 0.25) is 0 Å². The van der Waals surface area contributed by atoms with Gasteiger partial charge < -0.3 is 18.9 Å². The van der Waals surface area contributed by atoms with E-state index in [2.05, 4.69) is 0 Å². The van der Waals surface area contributed by atoms with E-state index in [1.807, 2.05) is 30.3 Å². The molecule has 1 aromatic carbocycles. The molecule has 1 aromatic rings. The third-order valence-corrected chi connectivity index (χ3v) is 4.16. The number of ether oxygens (including phenoxy) is 4. The number of hydrogen-bond acceptors (Lipinski definition) is 5. The number of cyclic esters (lactones) is 1. The van der Waals surface area contributed by atoms with Crippen LogP contribution in [-0.2, 0) is 14.2 Å². The van der Waals surface area contributed by atoms with E-state index in [0.717, 1.165) is 31.4 Å². The predicted octanol–water partition coefficient (Wildman–Crippen LogP) is 5.27. The maximum absolute atomic E-state index is 11.9. The topological polar surface area (TPSA) is 57.3 Å². The standard InChI is InChI=1S/C19H24O5/c20-19-23-17(21-15-11-7-6-8-12-15)14-10-5-3-1-2-4-9-13-16-18(22-16)24-19/h6-8,11-12,17H,1-5,9-10,13-14H2. The van der Waals surface area contributed by atoms with Crippen molar-refractivity contribution in [2.75, 3.05) is 0 Å². The number of para-hydroxylation sites is 1. The zero-order chi connectivity index (χ0) is 16.6. The summed E-state index contributed by atoms with van der Waals surface area (Å²) in [7, 11) is 0. The molecule has 130 valence electrons. The van der Waals surface area contributed by atoms with Crippen molar-refractivity contribution in [3.63, 3.8) is 0 Å². The molecule has 0 aromatic heterocycles. The first-order valence-corrected chi connectivity index (χ1v) is 8.82. The van der Waals surface area contributed by atoms with Crippen LogP contribution in [0.15, 0.2) is 42.0 Å². The Kier molecular flexibility index (Phi) is 5.99. The molecule has 0 radical (unpaired) electrons. The fraction of sp³-hybridized carbons (Fsp3) is 0.526. The molecule has 3 rings (SSSR count). The summed E-state index contributed by atoms with van der Waals surface area (Å²) in [6.45, 7) is 0. The molecule has 0 saturated carbocycles. The second kappa shape index (κ2) is 8.62. The summed E-state index contributed by atoms with van der Waals surface area (Å²) in [4.78, 5) is 11.9. The molecular weight excluding hydrogens is 308 g/mol. The largest absolute Gasteiger partial charge is 0.519 e. The fourth-order valence-corrected chi connectivity index (χ4v) is 2.80. The molecule has 1 atom stereocenters. The van der Waals surface area contributed by atoms with Gasteiger partial charge in [-0.2, -0.15) is 0 Å². The zero-order valence-corrected chi connectivity index (χ0v) is 13.9. The first-order valence-electron chi connectivity index (χ1n) is 8.82. The number of benzene rings is 1. The molecule has 1 unspecified atom stereocenters. The Morgan fingerprint density at radius 3 is 2.38 bits per heavy atom. The summed E-state index contributed by atoms with van der Waals surface area (Å²) >= 11 is 0. The van der Waals surface area contributed by atoms with Gasteiger partial charge in [0.1, 0.15) is 5.75 Å². The summed E-state index contributed by atoms with van der Waals surface area (Å²) in [5.74, 6) is 1.74. The lowest BCUT2D eigenvalue weighted by Crippen LogP contribution is -2.24. The second-order valence-electron chi connectivity index (χ2n) is 6.16. The quantitative estimate of drug-likeness (QED) is 0.691. The first kappa shape index (κ1) is 16.7. The SMILES string of the molecule is O=C1OC2=C(CCCCCCCCCC(Oc3ccccc3)O1)O2. The first-order chi connectivity index (χ1) is 11.8. The highest BCUT2D eigenvalue weighted by molar-refractivity contribution is 5.62. The highest BCUT2D eigenvalue weighted by Gasteiger charge is 2.31. The van der Waals surface area contributed by atoms with Gasteiger partial charge in [0.2, 0.25) is 6.29 Å². The van der Waals surface area contributed by atoms with Crippen LogP contribution in [0.4, 0.5) is 4.79 Å². The van der Waals surface area contributed by atoms with Crippen LogP contribution in [0, 0.1) is 0 Å². The Morgan fingerprint density at radius 1 is 0.875 bits per heavy atom. The molecule has 0 fully saturated rings. The fourth-order valence-electron chi connectivity index (χ4n) is 2.80. The van der Waals surface area contributed by atoms with Crippen molar-refractivity contribution in [3.05, 3.63) is 42.0 Å². The minimum atomic E-state index is -0.768. The van der Waals surface area contributed by atoms with Crippen molar-refractivity contribution in [2.45, 2.75) is 64.1 Å². The van der Waals surface area contributed by atoms with E-state index in [1.54, 1.807) is 0 Å². The number of rotatable bonds is 2. The van der Waals surface area contributed by atoms with Gasteiger partial charge in [-0.05, 0) is 25.0 Å². The van der Waals surface area contributed by atoms with Gasteiger partial charge in [0.15, 0.2) is 5.76 Å². The van der Waals surface area contributed by atoms with Crippen molar-refractivity contribution in [1.82, 2.24) is 0 Å². The van der Waals surface area contributed by atoms with Crippen molar-refractivity contribution in [3.8, 4) is 5.75 Å². The maximum Gasteiger partial charge on any atom is 0.519 e. The summed E-state index contributed by atoms with van der Waals surface area (Å²) in [6, 6.07) is 9.37. The minimum Gasteiger partial charge on any atom is -0.455 e. The molecular formula is C19H24O5. The lowest BCUT2D eigenvalue weighted by atomic mass is 10.1. The van der Waals surface area contributed by atoms with E-state index in [0.29, 0.717) is 18.1 Å². The van der Waals surface area contributed by atoms with Crippen LogP contribution in [0.1, 0.15) is 57.8 Å². The monoisotopic (exact) mass is 332 g/mol. The predicted molar refractivity (Wildman–Crippen MR) is 88.1 cm³/mol.